The van der Waals surface area contributed by atoms with E-state index in [-0.39, 0.29) is 10.8 Å². The number of rotatable bonds is 7. The fourth-order valence-electron chi connectivity index (χ4n) is 2.83. The van der Waals surface area contributed by atoms with Crippen LogP contribution in [0.1, 0.15) is 32.1 Å². The molecular formula is C17H26N2O3S2. The lowest BCUT2D eigenvalue weighted by molar-refractivity contribution is -0.133. The average molecular weight is 371 g/mol. The molecule has 0 saturated carbocycles. The van der Waals surface area contributed by atoms with Gasteiger partial charge in [0.05, 0.1) is 4.90 Å². The Balaban J connectivity index is 2.13. The van der Waals surface area contributed by atoms with E-state index in [0.29, 0.717) is 6.42 Å². The molecule has 134 valence electrons. The highest BCUT2D eigenvalue weighted by Gasteiger charge is 2.29. The van der Waals surface area contributed by atoms with E-state index < -0.39 is 16.1 Å². The number of carbonyl (C=O) groups is 1. The predicted octanol–water partition coefficient (Wildman–Crippen LogP) is 2.49. The van der Waals surface area contributed by atoms with Gasteiger partial charge in [0.2, 0.25) is 15.9 Å². The molecule has 0 spiro atoms. The third kappa shape index (κ3) is 5.50. The van der Waals surface area contributed by atoms with Crippen LogP contribution in [0, 0.1) is 0 Å². The number of hydrogen-bond donors (Lipinski definition) is 1. The molecule has 1 aliphatic rings. The number of nitrogens with one attached hydrogen (secondary N) is 1. The minimum atomic E-state index is -3.69. The smallest absolute Gasteiger partial charge is 0.241 e. The third-order valence-corrected chi connectivity index (χ3v) is 6.31. The summed E-state index contributed by atoms with van der Waals surface area (Å²) in [6, 6.07) is 7.53. The summed E-state index contributed by atoms with van der Waals surface area (Å²) in [4.78, 5) is 14.9. The molecule has 1 aromatic rings. The summed E-state index contributed by atoms with van der Waals surface area (Å²) in [7, 11) is -3.69. The van der Waals surface area contributed by atoms with Crippen LogP contribution in [0.25, 0.3) is 0 Å². The Kier molecular flexibility index (Phi) is 7.58. The molecule has 0 aromatic heterocycles. The summed E-state index contributed by atoms with van der Waals surface area (Å²) in [5.74, 6) is 0.645. The third-order valence-electron chi connectivity index (χ3n) is 4.18. The first-order valence-electron chi connectivity index (χ1n) is 8.39. The molecule has 0 bridgehead atoms. The molecule has 1 heterocycles. The van der Waals surface area contributed by atoms with Gasteiger partial charge < -0.3 is 4.90 Å². The van der Waals surface area contributed by atoms with Crippen LogP contribution in [0.4, 0.5) is 0 Å². The van der Waals surface area contributed by atoms with E-state index in [0.717, 1.165) is 44.5 Å². The highest BCUT2D eigenvalue weighted by molar-refractivity contribution is 7.98. The molecule has 7 heteroatoms. The van der Waals surface area contributed by atoms with Crippen LogP contribution in [-0.2, 0) is 14.8 Å². The van der Waals surface area contributed by atoms with Gasteiger partial charge in [-0.05, 0) is 43.4 Å². The summed E-state index contributed by atoms with van der Waals surface area (Å²) >= 11 is 1.61. The van der Waals surface area contributed by atoms with E-state index in [1.54, 1.807) is 42.1 Å². The van der Waals surface area contributed by atoms with Crippen molar-refractivity contribution in [3.63, 3.8) is 0 Å². The summed E-state index contributed by atoms with van der Waals surface area (Å²) in [5.41, 5.74) is 0. The van der Waals surface area contributed by atoms with Gasteiger partial charge in [0, 0.05) is 13.1 Å². The fraction of sp³-hybridized carbons (Fsp3) is 0.588. The second kappa shape index (κ2) is 9.44. The zero-order valence-corrected chi connectivity index (χ0v) is 15.7. The van der Waals surface area contributed by atoms with Gasteiger partial charge in [-0.3, -0.25) is 4.79 Å². The first kappa shape index (κ1) is 19.3. The topological polar surface area (TPSA) is 66.5 Å². The maximum atomic E-state index is 12.9. The van der Waals surface area contributed by atoms with Crippen molar-refractivity contribution in [1.29, 1.82) is 0 Å². The van der Waals surface area contributed by atoms with Crippen LogP contribution < -0.4 is 4.72 Å². The molecule has 1 atom stereocenters. The van der Waals surface area contributed by atoms with Crippen molar-refractivity contribution in [3.8, 4) is 0 Å². The van der Waals surface area contributed by atoms with E-state index in [1.165, 1.54) is 0 Å². The number of benzene rings is 1. The summed E-state index contributed by atoms with van der Waals surface area (Å²) in [5, 5.41) is 0. The van der Waals surface area contributed by atoms with E-state index in [9.17, 15) is 13.2 Å². The Morgan fingerprint density at radius 1 is 1.17 bits per heavy atom. The van der Waals surface area contributed by atoms with Crippen LogP contribution in [0.2, 0.25) is 0 Å². The number of carbonyl (C=O) groups excluding carboxylic acids is 1. The van der Waals surface area contributed by atoms with E-state index in [2.05, 4.69) is 4.72 Å². The van der Waals surface area contributed by atoms with Gasteiger partial charge in [-0.25, -0.2) is 8.42 Å². The van der Waals surface area contributed by atoms with E-state index >= 15 is 0 Å². The van der Waals surface area contributed by atoms with Crippen molar-refractivity contribution < 1.29 is 13.2 Å². The Bertz CT molecular complexity index is 612. The van der Waals surface area contributed by atoms with Crippen molar-refractivity contribution in [3.05, 3.63) is 30.3 Å². The number of sulfonamides is 1. The molecule has 1 amide bonds. The maximum Gasteiger partial charge on any atom is 0.241 e. The molecular weight excluding hydrogens is 344 g/mol. The van der Waals surface area contributed by atoms with Gasteiger partial charge in [-0.15, -0.1) is 0 Å². The van der Waals surface area contributed by atoms with E-state index in [1.807, 2.05) is 11.2 Å². The SMILES string of the molecule is CSCCC(NS(=O)(=O)c1ccccc1)C(=O)N1CCCCCC1. The largest absolute Gasteiger partial charge is 0.341 e. The molecule has 24 heavy (non-hydrogen) atoms. The van der Waals surface area contributed by atoms with Gasteiger partial charge in [-0.1, -0.05) is 31.0 Å². The number of thioether (sulfide) groups is 1. The summed E-state index contributed by atoms with van der Waals surface area (Å²) in [6.45, 7) is 1.45. The average Bonchev–Trinajstić information content (AvgIpc) is 2.88. The second-order valence-electron chi connectivity index (χ2n) is 6.01. The van der Waals surface area contributed by atoms with Gasteiger partial charge in [0.15, 0.2) is 0 Å². The van der Waals surface area contributed by atoms with Crippen molar-refractivity contribution in [2.75, 3.05) is 25.1 Å². The highest BCUT2D eigenvalue weighted by atomic mass is 32.2. The Hall–Kier alpha value is -1.05. The Labute approximate surface area is 149 Å². The van der Waals surface area contributed by atoms with Gasteiger partial charge in [0.25, 0.3) is 0 Å². The first-order valence-corrected chi connectivity index (χ1v) is 11.3. The molecule has 5 nitrogen and oxygen atoms in total. The summed E-state index contributed by atoms with van der Waals surface area (Å²) in [6.07, 6.45) is 6.71. The van der Waals surface area contributed by atoms with Crippen LogP contribution in [0.15, 0.2) is 35.2 Å². The molecule has 1 aromatic carbocycles. The molecule has 1 N–H and O–H groups in total. The number of nitrogens with zero attached hydrogens (tertiary/aromatic N) is 1. The number of likely N-dealkylation sites (tertiary alicyclic amines) is 1. The summed E-state index contributed by atoms with van der Waals surface area (Å²) < 4.78 is 27.8. The normalized spacial score (nSPS) is 17.3. The molecule has 0 radical (unpaired) electrons. The van der Waals surface area contributed by atoms with Crippen LogP contribution >= 0.6 is 11.8 Å². The lowest BCUT2D eigenvalue weighted by Gasteiger charge is -2.26. The van der Waals surface area contributed by atoms with Crippen molar-refractivity contribution in [2.24, 2.45) is 0 Å². The lowest BCUT2D eigenvalue weighted by atomic mass is 10.2. The monoisotopic (exact) mass is 370 g/mol. The zero-order valence-electron chi connectivity index (χ0n) is 14.1. The molecule has 0 aliphatic carbocycles. The van der Waals surface area contributed by atoms with Crippen molar-refractivity contribution in [2.45, 2.75) is 43.0 Å². The van der Waals surface area contributed by atoms with Crippen LogP contribution in [-0.4, -0.2) is 50.4 Å². The lowest BCUT2D eigenvalue weighted by Crippen LogP contribution is -2.49. The highest BCUT2D eigenvalue weighted by Crippen LogP contribution is 2.15. The Morgan fingerprint density at radius 3 is 2.38 bits per heavy atom. The quantitative estimate of drug-likeness (QED) is 0.801. The second-order valence-corrected chi connectivity index (χ2v) is 8.71. The standard InChI is InChI=1S/C17H26N2O3S2/c1-23-14-11-16(17(20)19-12-7-2-3-8-13-19)18-24(21,22)15-9-5-4-6-10-15/h4-6,9-10,16,18H,2-3,7-8,11-14H2,1H3. The predicted molar refractivity (Wildman–Crippen MR) is 98.6 cm³/mol. The van der Waals surface area contributed by atoms with Crippen LogP contribution in [0.3, 0.4) is 0 Å². The number of hydrogen-bond acceptors (Lipinski definition) is 4. The van der Waals surface area contributed by atoms with Gasteiger partial charge >= 0.3 is 0 Å². The molecule has 1 saturated heterocycles. The molecule has 1 aliphatic heterocycles. The van der Waals surface area contributed by atoms with Crippen molar-refractivity contribution in [1.82, 2.24) is 9.62 Å². The first-order chi connectivity index (χ1) is 11.5. The molecule has 1 fully saturated rings. The number of amides is 1. The van der Waals surface area contributed by atoms with Crippen LogP contribution in [0.5, 0.6) is 0 Å². The minimum Gasteiger partial charge on any atom is -0.341 e. The molecule has 1 unspecified atom stereocenters. The van der Waals surface area contributed by atoms with Crippen molar-refractivity contribution >= 4 is 27.7 Å². The Morgan fingerprint density at radius 2 is 1.79 bits per heavy atom. The van der Waals surface area contributed by atoms with E-state index in [4.69, 9.17) is 0 Å². The molecule has 2 rings (SSSR count). The fourth-order valence-corrected chi connectivity index (χ4v) is 4.55. The zero-order chi connectivity index (χ0) is 17.4. The van der Waals surface area contributed by atoms with Gasteiger partial charge in [-0.2, -0.15) is 16.5 Å². The minimum absolute atomic E-state index is 0.0922. The maximum absolute atomic E-state index is 12.9. The van der Waals surface area contributed by atoms with Gasteiger partial charge in [0.1, 0.15) is 6.04 Å².